The number of carbonyl (C=O) groups excluding carboxylic acids is 2. The number of amides is 1. The van der Waals surface area contributed by atoms with Crippen LogP contribution in [0.25, 0.3) is 0 Å². The van der Waals surface area contributed by atoms with Gasteiger partial charge in [-0.1, -0.05) is 17.7 Å². The summed E-state index contributed by atoms with van der Waals surface area (Å²) in [6.45, 7) is 1.51. The number of aromatic carboxylic acids is 1. The van der Waals surface area contributed by atoms with E-state index in [1.807, 2.05) is 24.3 Å². The molecule has 0 spiro atoms. The molecule has 0 aliphatic rings. The number of nitrogens with one attached hydrogen (secondary N) is 3. The number of hydrogen-bond acceptors (Lipinski definition) is 5. The molecule has 0 fully saturated rings. The number of rotatable bonds is 8. The summed E-state index contributed by atoms with van der Waals surface area (Å²) in [7, 11) is 0. The normalized spacial score (nSPS) is 10.3. The molecule has 3 rings (SSSR count). The molecule has 3 aromatic rings. The summed E-state index contributed by atoms with van der Waals surface area (Å²) in [6, 6.07) is 18.7. The molecule has 0 aliphatic heterocycles. The zero-order valence-corrected chi connectivity index (χ0v) is 20.3. The molecule has 0 heterocycles. The number of carboxylic acids is 1. The first-order valence-electron chi connectivity index (χ1n) is 9.96. The van der Waals surface area contributed by atoms with Crippen LogP contribution in [0.4, 0.5) is 17.1 Å². The van der Waals surface area contributed by atoms with E-state index < -0.39 is 5.97 Å². The number of thioether (sulfide) groups is 1. The Kier molecular flexibility index (Phi) is 8.64. The van der Waals surface area contributed by atoms with Crippen molar-refractivity contribution in [2.45, 2.75) is 11.8 Å². The molecule has 7 nitrogen and oxygen atoms in total. The van der Waals surface area contributed by atoms with Gasteiger partial charge in [0.05, 0.1) is 16.3 Å². The van der Waals surface area contributed by atoms with Crippen LogP contribution in [-0.4, -0.2) is 33.6 Å². The number of thiocarbonyl (C=S) groups is 1. The SMILES string of the molecule is CC(=O)c1ccc(NC(=S)Nc2cccc(SCC(=O)Nc3ccc(Cl)c(C(=O)O)c3)c2)cc1. The number of Topliss-reactive ketones (excluding diaryl/α,β-unsaturated/α-hetero) is 1. The summed E-state index contributed by atoms with van der Waals surface area (Å²) >= 11 is 12.5. The molecule has 0 saturated heterocycles. The maximum atomic E-state index is 12.3. The van der Waals surface area contributed by atoms with Gasteiger partial charge in [0.15, 0.2) is 10.9 Å². The molecule has 0 radical (unpaired) electrons. The topological polar surface area (TPSA) is 108 Å². The lowest BCUT2D eigenvalue weighted by molar-refractivity contribution is -0.113. The first-order chi connectivity index (χ1) is 16.2. The van der Waals surface area contributed by atoms with E-state index in [2.05, 4.69) is 16.0 Å². The minimum absolute atomic E-state index is 0.00609. The van der Waals surface area contributed by atoms with E-state index in [0.717, 1.165) is 16.3 Å². The molecule has 0 saturated carbocycles. The lowest BCUT2D eigenvalue weighted by atomic mass is 10.1. The molecule has 0 unspecified atom stereocenters. The highest BCUT2D eigenvalue weighted by molar-refractivity contribution is 8.00. The van der Waals surface area contributed by atoms with Gasteiger partial charge in [0.2, 0.25) is 5.91 Å². The van der Waals surface area contributed by atoms with E-state index in [0.29, 0.717) is 16.4 Å². The highest BCUT2D eigenvalue weighted by atomic mass is 35.5. The van der Waals surface area contributed by atoms with Gasteiger partial charge in [-0.2, -0.15) is 0 Å². The van der Waals surface area contributed by atoms with E-state index >= 15 is 0 Å². The Balaban J connectivity index is 1.53. The number of benzene rings is 3. The van der Waals surface area contributed by atoms with Crippen LogP contribution in [-0.2, 0) is 4.79 Å². The fourth-order valence-corrected chi connectivity index (χ4v) is 4.05. The molecular formula is C24H20ClN3O4S2. The smallest absolute Gasteiger partial charge is 0.337 e. The van der Waals surface area contributed by atoms with E-state index in [9.17, 15) is 14.4 Å². The second-order valence-corrected chi connectivity index (χ2v) is 8.94. The number of ketones is 1. The van der Waals surface area contributed by atoms with Crippen LogP contribution in [0.2, 0.25) is 5.02 Å². The van der Waals surface area contributed by atoms with Crippen molar-refractivity contribution in [1.29, 1.82) is 0 Å². The van der Waals surface area contributed by atoms with Gasteiger partial charge in [0.25, 0.3) is 0 Å². The Labute approximate surface area is 210 Å². The number of carbonyl (C=O) groups is 3. The Morgan fingerprint density at radius 3 is 2.24 bits per heavy atom. The molecular weight excluding hydrogens is 494 g/mol. The van der Waals surface area contributed by atoms with Crippen molar-refractivity contribution in [2.24, 2.45) is 0 Å². The van der Waals surface area contributed by atoms with Crippen molar-refractivity contribution < 1.29 is 19.5 Å². The monoisotopic (exact) mass is 513 g/mol. The third-order valence-corrected chi connectivity index (χ3v) is 6.02. The van der Waals surface area contributed by atoms with Gasteiger partial charge in [-0.3, -0.25) is 9.59 Å². The molecule has 0 aliphatic carbocycles. The predicted octanol–water partition coefficient (Wildman–Crippen LogP) is 5.78. The summed E-state index contributed by atoms with van der Waals surface area (Å²) in [6.07, 6.45) is 0. The second kappa shape index (κ2) is 11.6. The molecule has 0 atom stereocenters. The van der Waals surface area contributed by atoms with Gasteiger partial charge < -0.3 is 21.1 Å². The largest absolute Gasteiger partial charge is 0.478 e. The quantitative estimate of drug-likeness (QED) is 0.170. The fraction of sp³-hybridized carbons (Fsp3) is 0.0833. The average molecular weight is 514 g/mol. The third kappa shape index (κ3) is 7.31. The second-order valence-electron chi connectivity index (χ2n) is 7.08. The van der Waals surface area contributed by atoms with Crippen molar-refractivity contribution in [1.82, 2.24) is 0 Å². The predicted molar refractivity (Wildman–Crippen MR) is 140 cm³/mol. The van der Waals surface area contributed by atoms with E-state index in [1.165, 1.54) is 30.8 Å². The molecule has 174 valence electrons. The standard InChI is InChI=1S/C24H20ClN3O4S2/c1-14(29)15-5-7-16(8-6-15)27-24(33)28-17-3-2-4-19(11-17)34-13-22(30)26-18-9-10-21(25)20(12-18)23(31)32/h2-12H,13H2,1H3,(H,26,30)(H,31,32)(H2,27,28,33). The molecule has 34 heavy (non-hydrogen) atoms. The minimum atomic E-state index is -1.17. The van der Waals surface area contributed by atoms with Crippen LogP contribution in [0.5, 0.6) is 0 Å². The van der Waals surface area contributed by atoms with Gasteiger partial charge in [0.1, 0.15) is 0 Å². The molecule has 0 aromatic heterocycles. The van der Waals surface area contributed by atoms with Crippen LogP contribution in [0.15, 0.2) is 71.6 Å². The van der Waals surface area contributed by atoms with E-state index in [-0.39, 0.29) is 28.0 Å². The summed E-state index contributed by atoms with van der Waals surface area (Å²) in [4.78, 5) is 35.7. The first kappa shape index (κ1) is 25.2. The van der Waals surface area contributed by atoms with Gasteiger partial charge >= 0.3 is 5.97 Å². The van der Waals surface area contributed by atoms with E-state index in [4.69, 9.17) is 28.9 Å². The maximum Gasteiger partial charge on any atom is 0.337 e. The van der Waals surface area contributed by atoms with Crippen LogP contribution >= 0.6 is 35.6 Å². The van der Waals surface area contributed by atoms with Crippen LogP contribution in [0, 0.1) is 0 Å². The van der Waals surface area contributed by atoms with Crippen LogP contribution < -0.4 is 16.0 Å². The van der Waals surface area contributed by atoms with Crippen molar-refractivity contribution in [3.63, 3.8) is 0 Å². The third-order valence-electron chi connectivity index (χ3n) is 4.49. The fourth-order valence-electron chi connectivity index (χ4n) is 2.86. The van der Waals surface area contributed by atoms with Gasteiger partial charge in [-0.15, -0.1) is 11.8 Å². The highest BCUT2D eigenvalue weighted by Crippen LogP contribution is 2.24. The number of halogens is 1. The Bertz CT molecular complexity index is 1250. The van der Waals surface area contributed by atoms with Gasteiger partial charge in [0, 0.05) is 27.5 Å². The van der Waals surface area contributed by atoms with Crippen molar-refractivity contribution in [2.75, 3.05) is 21.7 Å². The Morgan fingerprint density at radius 1 is 0.912 bits per heavy atom. The minimum Gasteiger partial charge on any atom is -0.478 e. The maximum absolute atomic E-state index is 12.3. The summed E-state index contributed by atoms with van der Waals surface area (Å²) in [5.41, 5.74) is 2.39. The number of anilines is 3. The zero-order chi connectivity index (χ0) is 24.7. The Hall–Kier alpha value is -3.40. The summed E-state index contributed by atoms with van der Waals surface area (Å²) < 4.78 is 0. The molecule has 0 bridgehead atoms. The first-order valence-corrected chi connectivity index (χ1v) is 11.7. The molecule has 1 amide bonds. The average Bonchev–Trinajstić information content (AvgIpc) is 2.79. The van der Waals surface area contributed by atoms with Gasteiger partial charge in [-0.05, 0) is 79.8 Å². The lowest BCUT2D eigenvalue weighted by Gasteiger charge is -2.12. The number of hydrogen-bond donors (Lipinski definition) is 4. The molecule has 3 aromatic carbocycles. The van der Waals surface area contributed by atoms with E-state index in [1.54, 1.807) is 30.3 Å². The Morgan fingerprint density at radius 2 is 1.56 bits per heavy atom. The molecule has 10 heteroatoms. The number of carboxylic acid groups (broad SMARTS) is 1. The van der Waals surface area contributed by atoms with Crippen molar-refractivity contribution in [3.8, 4) is 0 Å². The lowest BCUT2D eigenvalue weighted by Crippen LogP contribution is -2.19. The summed E-state index contributed by atoms with van der Waals surface area (Å²) in [5, 5.41) is 18.4. The van der Waals surface area contributed by atoms with Crippen LogP contribution in [0.1, 0.15) is 27.6 Å². The highest BCUT2D eigenvalue weighted by Gasteiger charge is 2.11. The van der Waals surface area contributed by atoms with Gasteiger partial charge in [-0.25, -0.2) is 4.79 Å². The van der Waals surface area contributed by atoms with Crippen molar-refractivity contribution in [3.05, 3.63) is 82.9 Å². The van der Waals surface area contributed by atoms with Crippen molar-refractivity contribution >= 4 is 75.4 Å². The zero-order valence-electron chi connectivity index (χ0n) is 17.9. The molecule has 4 N–H and O–H groups in total. The van der Waals surface area contributed by atoms with Crippen LogP contribution in [0.3, 0.4) is 0 Å². The summed E-state index contributed by atoms with van der Waals surface area (Å²) in [5.74, 6) is -1.33.